The summed E-state index contributed by atoms with van der Waals surface area (Å²) in [6.07, 6.45) is 1.31. The first-order valence-electron chi connectivity index (χ1n) is 8.36. The Morgan fingerprint density at radius 1 is 1.35 bits per heavy atom. The fraction of sp³-hybridized carbons (Fsp3) is 0.316. The summed E-state index contributed by atoms with van der Waals surface area (Å²) in [4.78, 5) is 32.6. The lowest BCUT2D eigenvalue weighted by Gasteiger charge is -2.39. The molecule has 136 valence electrons. The van der Waals surface area contributed by atoms with Gasteiger partial charge in [0.05, 0.1) is 12.7 Å². The van der Waals surface area contributed by atoms with Crippen molar-refractivity contribution in [1.29, 1.82) is 0 Å². The lowest BCUT2D eigenvalue weighted by atomic mass is 10.1. The zero-order chi connectivity index (χ0) is 18.7. The lowest BCUT2D eigenvalue weighted by Crippen LogP contribution is -2.55. The molecule has 7 heteroatoms. The van der Waals surface area contributed by atoms with Crippen LogP contribution in [-0.4, -0.2) is 59.4 Å². The van der Waals surface area contributed by atoms with Gasteiger partial charge in [-0.1, -0.05) is 18.7 Å². The molecule has 1 aliphatic rings. The number of hydrogen-bond acceptors (Lipinski definition) is 5. The van der Waals surface area contributed by atoms with E-state index >= 15 is 0 Å². The third kappa shape index (κ3) is 3.48. The van der Waals surface area contributed by atoms with E-state index in [-0.39, 0.29) is 17.9 Å². The van der Waals surface area contributed by atoms with Crippen LogP contribution in [0.25, 0.3) is 10.6 Å². The van der Waals surface area contributed by atoms with Crippen molar-refractivity contribution in [3.63, 3.8) is 0 Å². The van der Waals surface area contributed by atoms with Crippen LogP contribution in [0.5, 0.6) is 5.75 Å². The van der Waals surface area contributed by atoms with E-state index in [1.165, 1.54) is 17.4 Å². The predicted octanol–water partition coefficient (Wildman–Crippen LogP) is 2.68. The number of methoxy groups -OCH3 is 1. The predicted molar refractivity (Wildman–Crippen MR) is 101 cm³/mol. The Kier molecular flexibility index (Phi) is 5.37. The number of piperazine rings is 1. The Bertz CT molecular complexity index is 833. The molecule has 1 atom stereocenters. The highest BCUT2D eigenvalue weighted by Gasteiger charge is 2.30. The Balaban J connectivity index is 1.76. The van der Waals surface area contributed by atoms with Gasteiger partial charge in [-0.25, -0.2) is 4.98 Å². The molecule has 6 nitrogen and oxygen atoms in total. The Morgan fingerprint density at radius 3 is 2.81 bits per heavy atom. The Labute approximate surface area is 156 Å². The number of amides is 2. The third-order valence-corrected chi connectivity index (χ3v) is 5.31. The topological polar surface area (TPSA) is 62.7 Å². The van der Waals surface area contributed by atoms with E-state index in [1.54, 1.807) is 22.3 Å². The van der Waals surface area contributed by atoms with E-state index in [0.717, 1.165) is 16.3 Å². The zero-order valence-electron chi connectivity index (χ0n) is 14.8. The summed E-state index contributed by atoms with van der Waals surface area (Å²) in [7, 11) is 1.62. The second-order valence-electron chi connectivity index (χ2n) is 6.07. The number of para-hydroxylation sites is 1. The molecule has 0 radical (unpaired) electrons. The number of rotatable bonds is 4. The first kappa shape index (κ1) is 18.1. The molecular formula is C19H21N3O3S. The minimum Gasteiger partial charge on any atom is -0.496 e. The van der Waals surface area contributed by atoms with Crippen molar-refractivity contribution in [3.05, 3.63) is 48.0 Å². The van der Waals surface area contributed by atoms with E-state index in [9.17, 15) is 9.59 Å². The fourth-order valence-electron chi connectivity index (χ4n) is 3.05. The van der Waals surface area contributed by atoms with Crippen LogP contribution in [0, 0.1) is 0 Å². The van der Waals surface area contributed by atoms with Crippen LogP contribution in [0.2, 0.25) is 0 Å². The standard InChI is InChI=1S/C19H21N3O3S/c1-4-17(23)21-9-10-22(13(2)11-21)19(24)15-12-26-18(20-15)14-7-5-6-8-16(14)25-3/h4-8,12-13H,1,9-11H2,2-3H3/t13-/m0/s1. The zero-order valence-corrected chi connectivity index (χ0v) is 15.7. The van der Waals surface area contributed by atoms with Crippen molar-refractivity contribution in [2.75, 3.05) is 26.7 Å². The van der Waals surface area contributed by atoms with E-state index in [4.69, 9.17) is 4.74 Å². The summed E-state index contributed by atoms with van der Waals surface area (Å²) in [5, 5.41) is 2.52. The van der Waals surface area contributed by atoms with E-state index in [0.29, 0.717) is 25.3 Å². The smallest absolute Gasteiger partial charge is 0.273 e. The van der Waals surface area contributed by atoms with Crippen molar-refractivity contribution in [3.8, 4) is 16.3 Å². The maximum absolute atomic E-state index is 12.9. The number of thiazole rings is 1. The molecule has 2 aromatic rings. The van der Waals surface area contributed by atoms with Crippen LogP contribution in [0.1, 0.15) is 17.4 Å². The second kappa shape index (κ2) is 7.70. The second-order valence-corrected chi connectivity index (χ2v) is 6.93. The van der Waals surface area contributed by atoms with Crippen LogP contribution in [0.3, 0.4) is 0 Å². The van der Waals surface area contributed by atoms with Gasteiger partial charge < -0.3 is 14.5 Å². The monoisotopic (exact) mass is 371 g/mol. The average Bonchev–Trinajstić information content (AvgIpc) is 3.16. The van der Waals surface area contributed by atoms with Crippen LogP contribution < -0.4 is 4.74 Å². The van der Waals surface area contributed by atoms with E-state index < -0.39 is 0 Å². The minimum absolute atomic E-state index is 0.0726. The van der Waals surface area contributed by atoms with Crippen molar-refractivity contribution >= 4 is 23.2 Å². The number of nitrogens with zero attached hydrogens (tertiary/aromatic N) is 3. The molecule has 0 aliphatic carbocycles. The van der Waals surface area contributed by atoms with Gasteiger partial charge in [0.2, 0.25) is 5.91 Å². The van der Waals surface area contributed by atoms with E-state index in [2.05, 4.69) is 11.6 Å². The molecule has 0 N–H and O–H groups in total. The van der Waals surface area contributed by atoms with Gasteiger partial charge in [-0.2, -0.15) is 0 Å². The van der Waals surface area contributed by atoms with Crippen LogP contribution >= 0.6 is 11.3 Å². The van der Waals surface area contributed by atoms with Gasteiger partial charge in [0.1, 0.15) is 16.5 Å². The number of ether oxygens (including phenoxy) is 1. The molecule has 2 amide bonds. The number of carbonyl (C=O) groups excluding carboxylic acids is 2. The molecule has 0 spiro atoms. The van der Waals surface area contributed by atoms with Gasteiger partial charge >= 0.3 is 0 Å². The molecule has 1 aromatic carbocycles. The van der Waals surface area contributed by atoms with Gasteiger partial charge in [0.15, 0.2) is 0 Å². The summed E-state index contributed by atoms with van der Waals surface area (Å²) in [6, 6.07) is 7.54. The minimum atomic E-state index is -0.111. The molecule has 0 saturated carbocycles. The molecule has 1 aromatic heterocycles. The maximum atomic E-state index is 12.9. The van der Waals surface area contributed by atoms with Crippen LogP contribution in [0.4, 0.5) is 0 Å². The SMILES string of the molecule is C=CC(=O)N1CCN(C(=O)c2csc(-c3ccccc3OC)n2)[C@@H](C)C1. The average molecular weight is 371 g/mol. The summed E-state index contributed by atoms with van der Waals surface area (Å²) < 4.78 is 5.37. The highest BCUT2D eigenvalue weighted by molar-refractivity contribution is 7.13. The van der Waals surface area contributed by atoms with Crippen molar-refractivity contribution in [2.45, 2.75) is 13.0 Å². The molecule has 3 rings (SSSR count). The largest absolute Gasteiger partial charge is 0.496 e. The van der Waals surface area contributed by atoms with E-state index in [1.807, 2.05) is 31.2 Å². The number of benzene rings is 1. The van der Waals surface area contributed by atoms with Gasteiger partial charge in [0.25, 0.3) is 5.91 Å². The molecular weight excluding hydrogens is 350 g/mol. The van der Waals surface area contributed by atoms with Gasteiger partial charge in [-0.3, -0.25) is 9.59 Å². The highest BCUT2D eigenvalue weighted by atomic mass is 32.1. The molecule has 1 saturated heterocycles. The fourth-order valence-corrected chi connectivity index (χ4v) is 3.88. The van der Waals surface area contributed by atoms with Crippen molar-refractivity contribution in [1.82, 2.24) is 14.8 Å². The summed E-state index contributed by atoms with van der Waals surface area (Å²) in [5.74, 6) is 0.516. The molecule has 1 aliphatic heterocycles. The molecule has 1 fully saturated rings. The summed E-state index contributed by atoms with van der Waals surface area (Å²) in [5.41, 5.74) is 1.29. The van der Waals surface area contributed by atoms with Gasteiger partial charge in [-0.05, 0) is 25.1 Å². The normalized spacial score (nSPS) is 17.1. The highest BCUT2D eigenvalue weighted by Crippen LogP contribution is 2.32. The van der Waals surface area contributed by atoms with Crippen LogP contribution in [0.15, 0.2) is 42.3 Å². The number of hydrogen-bond donors (Lipinski definition) is 0. The summed E-state index contributed by atoms with van der Waals surface area (Å²) >= 11 is 1.42. The Hall–Kier alpha value is -2.67. The van der Waals surface area contributed by atoms with Crippen molar-refractivity contribution < 1.29 is 14.3 Å². The molecule has 2 heterocycles. The van der Waals surface area contributed by atoms with Gasteiger partial charge in [0, 0.05) is 31.1 Å². The van der Waals surface area contributed by atoms with Crippen LogP contribution in [-0.2, 0) is 4.79 Å². The molecule has 0 unspecified atom stereocenters. The van der Waals surface area contributed by atoms with Crippen molar-refractivity contribution in [2.24, 2.45) is 0 Å². The summed E-state index contributed by atoms with van der Waals surface area (Å²) in [6.45, 7) is 6.95. The molecule has 26 heavy (non-hydrogen) atoms. The first-order valence-corrected chi connectivity index (χ1v) is 9.24. The maximum Gasteiger partial charge on any atom is 0.273 e. The lowest BCUT2D eigenvalue weighted by molar-refractivity contribution is -0.128. The third-order valence-electron chi connectivity index (χ3n) is 4.44. The molecule has 0 bridgehead atoms. The Morgan fingerprint density at radius 2 is 2.12 bits per heavy atom. The quantitative estimate of drug-likeness (QED) is 0.775. The number of carbonyl (C=O) groups is 2. The number of aromatic nitrogens is 1. The van der Waals surface area contributed by atoms with Gasteiger partial charge in [-0.15, -0.1) is 11.3 Å². The first-order chi connectivity index (χ1) is 12.5.